The van der Waals surface area contributed by atoms with Crippen LogP contribution in [0.5, 0.6) is 0 Å². The first-order valence-electron chi connectivity index (χ1n) is 8.56. The number of esters is 1. The molecule has 0 N–H and O–H groups in total. The van der Waals surface area contributed by atoms with Crippen LogP contribution in [-0.4, -0.2) is 29.4 Å². The van der Waals surface area contributed by atoms with Gasteiger partial charge in [0.25, 0.3) is 0 Å². The fourth-order valence-electron chi connectivity index (χ4n) is 3.69. The standard InChI is InChI=1S/C19H24O4S/c1-4-22-17(21)15-16(20)18(3)11-5-6-12-19(18,23-15)24-14-9-7-13(2)8-10-14/h7-10,15H,4-6,11-12H2,1-3H3/t15?,18-,19+/m1/s1. The monoisotopic (exact) mass is 348 g/mol. The van der Waals surface area contributed by atoms with Crippen LogP contribution in [-0.2, 0) is 19.1 Å². The molecule has 0 bridgehead atoms. The number of hydrogen-bond acceptors (Lipinski definition) is 5. The van der Waals surface area contributed by atoms with E-state index in [-0.39, 0.29) is 12.4 Å². The number of fused-ring (bicyclic) bond motifs is 1. The Hall–Kier alpha value is -1.33. The molecule has 4 nitrogen and oxygen atoms in total. The number of thioether (sulfide) groups is 1. The summed E-state index contributed by atoms with van der Waals surface area (Å²) < 4.78 is 11.2. The van der Waals surface area contributed by atoms with Gasteiger partial charge >= 0.3 is 5.97 Å². The number of rotatable bonds is 4. The first-order valence-corrected chi connectivity index (χ1v) is 9.38. The Labute approximate surface area is 147 Å². The van der Waals surface area contributed by atoms with Crippen molar-refractivity contribution in [2.24, 2.45) is 5.41 Å². The molecule has 1 aromatic rings. The summed E-state index contributed by atoms with van der Waals surface area (Å²) in [4.78, 5) is 25.6. The van der Waals surface area contributed by atoms with E-state index in [1.807, 2.05) is 13.8 Å². The molecular formula is C19H24O4S. The summed E-state index contributed by atoms with van der Waals surface area (Å²) in [5, 5.41) is 0. The molecule has 2 aliphatic rings. The van der Waals surface area contributed by atoms with Gasteiger partial charge < -0.3 is 9.47 Å². The minimum absolute atomic E-state index is 0.125. The zero-order valence-corrected chi connectivity index (χ0v) is 15.3. The first-order chi connectivity index (χ1) is 11.4. The number of Topliss-reactive ketones (excluding diaryl/α,β-unsaturated/α-hetero) is 1. The number of benzene rings is 1. The second-order valence-electron chi connectivity index (χ2n) is 6.82. The van der Waals surface area contributed by atoms with Crippen LogP contribution in [0.15, 0.2) is 29.2 Å². The average molecular weight is 348 g/mol. The topological polar surface area (TPSA) is 52.6 Å². The summed E-state index contributed by atoms with van der Waals surface area (Å²) in [5.74, 6) is -0.678. The Morgan fingerprint density at radius 1 is 1.29 bits per heavy atom. The second-order valence-corrected chi connectivity index (χ2v) is 8.16. The van der Waals surface area contributed by atoms with Crippen molar-refractivity contribution in [2.45, 2.75) is 62.4 Å². The van der Waals surface area contributed by atoms with E-state index in [2.05, 4.69) is 24.3 Å². The van der Waals surface area contributed by atoms with Gasteiger partial charge in [0.1, 0.15) is 4.93 Å². The Kier molecular flexibility index (Phi) is 4.76. The van der Waals surface area contributed by atoms with Gasteiger partial charge in [-0.1, -0.05) is 35.9 Å². The molecule has 2 fully saturated rings. The van der Waals surface area contributed by atoms with Crippen LogP contribution in [0.2, 0.25) is 0 Å². The van der Waals surface area contributed by atoms with Crippen molar-refractivity contribution in [1.29, 1.82) is 0 Å². The van der Waals surface area contributed by atoms with Crippen LogP contribution in [0.4, 0.5) is 0 Å². The molecule has 130 valence electrons. The van der Waals surface area contributed by atoms with Crippen molar-refractivity contribution < 1.29 is 19.1 Å². The molecule has 0 aromatic heterocycles. The van der Waals surface area contributed by atoms with Crippen LogP contribution in [0.3, 0.4) is 0 Å². The summed E-state index contributed by atoms with van der Waals surface area (Å²) >= 11 is 1.58. The molecule has 1 aliphatic heterocycles. The van der Waals surface area contributed by atoms with E-state index < -0.39 is 22.4 Å². The number of ketones is 1. The summed E-state index contributed by atoms with van der Waals surface area (Å²) in [6.45, 7) is 5.99. The third kappa shape index (κ3) is 2.78. The maximum atomic E-state index is 13.0. The van der Waals surface area contributed by atoms with E-state index in [9.17, 15) is 9.59 Å². The summed E-state index contributed by atoms with van der Waals surface area (Å²) in [6, 6.07) is 8.21. The van der Waals surface area contributed by atoms with Crippen molar-refractivity contribution in [1.82, 2.24) is 0 Å². The van der Waals surface area contributed by atoms with Crippen molar-refractivity contribution in [3.05, 3.63) is 29.8 Å². The highest BCUT2D eigenvalue weighted by Crippen LogP contribution is 2.60. The molecule has 1 heterocycles. The summed E-state index contributed by atoms with van der Waals surface area (Å²) in [7, 11) is 0. The van der Waals surface area contributed by atoms with Gasteiger partial charge in [-0.25, -0.2) is 4.79 Å². The van der Waals surface area contributed by atoms with Gasteiger partial charge in [0.2, 0.25) is 6.10 Å². The maximum absolute atomic E-state index is 13.0. The maximum Gasteiger partial charge on any atom is 0.343 e. The molecule has 1 saturated heterocycles. The Bertz CT molecular complexity index is 641. The third-order valence-corrected chi connectivity index (χ3v) is 6.76. The quantitative estimate of drug-likeness (QED) is 0.610. The summed E-state index contributed by atoms with van der Waals surface area (Å²) in [6.07, 6.45) is 2.41. The van der Waals surface area contributed by atoms with Crippen LogP contribution in [0.1, 0.15) is 45.1 Å². The van der Waals surface area contributed by atoms with Gasteiger partial charge in [-0.15, -0.1) is 0 Å². The largest absolute Gasteiger partial charge is 0.464 e. The summed E-state index contributed by atoms with van der Waals surface area (Å²) in [5.41, 5.74) is 0.536. The van der Waals surface area contributed by atoms with E-state index in [1.54, 1.807) is 18.7 Å². The predicted octanol–water partition coefficient (Wildman–Crippen LogP) is 3.89. The normalized spacial score (nSPS) is 32.5. The highest BCUT2D eigenvalue weighted by molar-refractivity contribution is 8.00. The fourth-order valence-corrected chi connectivity index (χ4v) is 5.16. The number of carbonyl (C=O) groups is 2. The van der Waals surface area contributed by atoms with Crippen LogP contribution in [0.25, 0.3) is 0 Å². The molecule has 1 saturated carbocycles. The Morgan fingerprint density at radius 2 is 1.96 bits per heavy atom. The molecule has 1 aliphatic carbocycles. The number of ether oxygens (including phenoxy) is 2. The number of hydrogen-bond donors (Lipinski definition) is 0. The highest BCUT2D eigenvalue weighted by Gasteiger charge is 2.66. The molecule has 1 aromatic carbocycles. The smallest absolute Gasteiger partial charge is 0.343 e. The SMILES string of the molecule is CCOC(=O)C1O[C@]2(Sc3ccc(C)cc3)CCCC[C@]2(C)C1=O. The van der Waals surface area contributed by atoms with E-state index >= 15 is 0 Å². The van der Waals surface area contributed by atoms with Gasteiger partial charge in [-0.05, 0) is 52.2 Å². The van der Waals surface area contributed by atoms with Crippen LogP contribution in [0, 0.1) is 12.3 Å². The Morgan fingerprint density at radius 3 is 2.62 bits per heavy atom. The Balaban J connectivity index is 1.94. The molecule has 0 radical (unpaired) electrons. The van der Waals surface area contributed by atoms with Gasteiger partial charge in [0.15, 0.2) is 5.78 Å². The van der Waals surface area contributed by atoms with Crippen LogP contribution < -0.4 is 0 Å². The van der Waals surface area contributed by atoms with Gasteiger partial charge in [-0.2, -0.15) is 0 Å². The van der Waals surface area contributed by atoms with Gasteiger partial charge in [0.05, 0.1) is 12.0 Å². The lowest BCUT2D eigenvalue weighted by molar-refractivity contribution is -0.159. The molecular weight excluding hydrogens is 324 g/mol. The lowest BCUT2D eigenvalue weighted by atomic mass is 9.71. The van der Waals surface area contributed by atoms with E-state index in [1.165, 1.54) is 5.56 Å². The van der Waals surface area contributed by atoms with E-state index in [4.69, 9.17) is 9.47 Å². The third-order valence-electron chi connectivity index (χ3n) is 5.17. The lowest BCUT2D eigenvalue weighted by Crippen LogP contribution is -2.46. The van der Waals surface area contributed by atoms with Gasteiger partial charge in [0, 0.05) is 4.90 Å². The first kappa shape index (κ1) is 17.5. The minimum atomic E-state index is -1.09. The van der Waals surface area contributed by atoms with Crippen molar-refractivity contribution >= 4 is 23.5 Å². The van der Waals surface area contributed by atoms with Crippen molar-refractivity contribution in [3.8, 4) is 0 Å². The lowest BCUT2D eigenvalue weighted by Gasteiger charge is -2.43. The molecule has 3 atom stereocenters. The molecule has 1 unspecified atom stereocenters. The average Bonchev–Trinajstić information content (AvgIpc) is 2.79. The molecule has 5 heteroatoms. The minimum Gasteiger partial charge on any atom is -0.464 e. The molecule has 24 heavy (non-hydrogen) atoms. The van der Waals surface area contributed by atoms with Crippen molar-refractivity contribution in [3.63, 3.8) is 0 Å². The highest BCUT2D eigenvalue weighted by atomic mass is 32.2. The zero-order valence-electron chi connectivity index (χ0n) is 14.5. The van der Waals surface area contributed by atoms with Crippen LogP contribution >= 0.6 is 11.8 Å². The molecule has 3 rings (SSSR count). The molecule has 0 spiro atoms. The molecule has 0 amide bonds. The fraction of sp³-hybridized carbons (Fsp3) is 0.579. The number of aryl methyl sites for hydroxylation is 1. The number of carbonyl (C=O) groups excluding carboxylic acids is 2. The van der Waals surface area contributed by atoms with Gasteiger partial charge in [-0.3, -0.25) is 4.79 Å². The van der Waals surface area contributed by atoms with E-state index in [0.717, 1.165) is 30.6 Å². The van der Waals surface area contributed by atoms with E-state index in [0.29, 0.717) is 0 Å². The second kappa shape index (κ2) is 6.52. The van der Waals surface area contributed by atoms with Crippen molar-refractivity contribution in [2.75, 3.05) is 6.61 Å². The predicted molar refractivity (Wildman–Crippen MR) is 92.9 cm³/mol. The zero-order chi connectivity index (χ0) is 17.4.